The number of aromatic amines is 1. The van der Waals surface area contributed by atoms with Gasteiger partial charge in [-0.15, -0.1) is 0 Å². The number of nitrogens with one attached hydrogen (secondary N) is 1. The van der Waals surface area contributed by atoms with E-state index in [2.05, 4.69) is 4.98 Å². The van der Waals surface area contributed by atoms with Gasteiger partial charge in [0.05, 0.1) is 0 Å². The smallest absolute Gasteiger partial charge is 0.328 e. The van der Waals surface area contributed by atoms with E-state index in [0.717, 1.165) is 9.47 Å². The molecule has 0 spiro atoms. The standard InChI is InChI=1S/C17H26N4O7/c1-9-6-20(16(27)19-13(9)23)8-12(22)21(10(2)14(24)25)7-11(18)15(26)28-17(3,4)5/h6,10-11H,7-8,18H2,1-5H3,(H,24,25)(H,19,23,27)/t10-,11?/m1/s1. The molecule has 0 aliphatic carbocycles. The number of aliphatic carboxylic acids is 1. The number of carboxylic acids is 1. The molecule has 28 heavy (non-hydrogen) atoms. The van der Waals surface area contributed by atoms with E-state index < -0.39 is 59.9 Å². The lowest BCUT2D eigenvalue weighted by Gasteiger charge is -2.30. The van der Waals surface area contributed by atoms with Crippen LogP contribution in [0, 0.1) is 6.92 Å². The van der Waals surface area contributed by atoms with Crippen molar-refractivity contribution in [2.45, 2.75) is 58.8 Å². The monoisotopic (exact) mass is 398 g/mol. The van der Waals surface area contributed by atoms with Gasteiger partial charge < -0.3 is 20.5 Å². The summed E-state index contributed by atoms with van der Waals surface area (Å²) < 4.78 is 6.09. The van der Waals surface area contributed by atoms with E-state index in [4.69, 9.17) is 10.5 Å². The first-order valence-electron chi connectivity index (χ1n) is 8.54. The molecule has 0 aliphatic rings. The van der Waals surface area contributed by atoms with E-state index in [1.807, 2.05) is 0 Å². The van der Waals surface area contributed by atoms with Crippen LogP contribution in [-0.4, -0.2) is 61.6 Å². The average molecular weight is 398 g/mol. The number of aryl methyl sites for hydroxylation is 1. The van der Waals surface area contributed by atoms with Gasteiger partial charge in [0.25, 0.3) is 5.56 Å². The molecule has 0 aromatic carbocycles. The Bertz CT molecular complexity index is 865. The number of rotatable bonds is 7. The lowest BCUT2D eigenvalue weighted by atomic mass is 10.1. The summed E-state index contributed by atoms with van der Waals surface area (Å²) in [5, 5.41) is 9.27. The van der Waals surface area contributed by atoms with Crippen molar-refractivity contribution in [1.29, 1.82) is 0 Å². The van der Waals surface area contributed by atoms with E-state index >= 15 is 0 Å². The SMILES string of the molecule is Cc1cn(CC(=O)N(CC(N)C(=O)OC(C)(C)C)[C@H](C)C(=O)O)c(=O)[nH]c1=O. The van der Waals surface area contributed by atoms with Crippen LogP contribution in [0.4, 0.5) is 0 Å². The number of H-pyrrole nitrogens is 1. The van der Waals surface area contributed by atoms with Crippen molar-refractivity contribution in [3.8, 4) is 0 Å². The maximum absolute atomic E-state index is 12.7. The number of carbonyl (C=O) groups is 3. The summed E-state index contributed by atoms with van der Waals surface area (Å²) in [6.07, 6.45) is 1.19. The number of ether oxygens (including phenoxy) is 1. The molecule has 0 saturated heterocycles. The summed E-state index contributed by atoms with van der Waals surface area (Å²) in [5.74, 6) is -2.86. The first kappa shape index (κ1) is 23.1. The number of esters is 1. The summed E-state index contributed by atoms with van der Waals surface area (Å²) in [5.41, 5.74) is 3.79. The fourth-order valence-electron chi connectivity index (χ4n) is 2.25. The molecule has 1 aromatic heterocycles. The van der Waals surface area contributed by atoms with Crippen molar-refractivity contribution in [3.63, 3.8) is 0 Å². The van der Waals surface area contributed by atoms with Crippen molar-refractivity contribution >= 4 is 17.8 Å². The van der Waals surface area contributed by atoms with E-state index in [-0.39, 0.29) is 5.56 Å². The molecule has 1 heterocycles. The van der Waals surface area contributed by atoms with Crippen LogP contribution in [0.1, 0.15) is 33.3 Å². The van der Waals surface area contributed by atoms with Crippen molar-refractivity contribution < 1.29 is 24.2 Å². The van der Waals surface area contributed by atoms with Gasteiger partial charge in [-0.25, -0.2) is 9.59 Å². The van der Waals surface area contributed by atoms with Gasteiger partial charge in [0.2, 0.25) is 5.91 Å². The number of nitrogens with two attached hydrogens (primary N) is 1. The molecule has 156 valence electrons. The maximum Gasteiger partial charge on any atom is 0.328 e. The third kappa shape index (κ3) is 6.34. The van der Waals surface area contributed by atoms with Crippen LogP contribution >= 0.6 is 0 Å². The number of carboxylic acid groups (broad SMARTS) is 1. The zero-order valence-corrected chi connectivity index (χ0v) is 16.5. The Morgan fingerprint density at radius 3 is 2.39 bits per heavy atom. The van der Waals surface area contributed by atoms with Gasteiger partial charge in [0.1, 0.15) is 24.2 Å². The van der Waals surface area contributed by atoms with Gasteiger partial charge in [-0.1, -0.05) is 0 Å². The molecular formula is C17H26N4O7. The fourth-order valence-corrected chi connectivity index (χ4v) is 2.25. The largest absolute Gasteiger partial charge is 0.480 e. The Morgan fingerprint density at radius 1 is 1.32 bits per heavy atom. The summed E-state index contributed by atoms with van der Waals surface area (Å²) in [6, 6.07) is -2.58. The van der Waals surface area contributed by atoms with Crippen LogP contribution in [0.25, 0.3) is 0 Å². The van der Waals surface area contributed by atoms with E-state index in [1.54, 1.807) is 20.8 Å². The number of hydrogen-bond donors (Lipinski definition) is 3. The molecule has 2 atom stereocenters. The van der Waals surface area contributed by atoms with E-state index in [9.17, 15) is 29.1 Å². The Hall–Kier alpha value is -2.95. The van der Waals surface area contributed by atoms with Crippen LogP contribution < -0.4 is 17.0 Å². The van der Waals surface area contributed by atoms with Gasteiger partial charge in [0, 0.05) is 18.3 Å². The minimum atomic E-state index is -1.31. The minimum absolute atomic E-state index is 0.204. The molecule has 4 N–H and O–H groups in total. The molecule has 1 aromatic rings. The highest BCUT2D eigenvalue weighted by Crippen LogP contribution is 2.10. The number of carbonyl (C=O) groups excluding carboxylic acids is 2. The predicted octanol–water partition coefficient (Wildman–Crippen LogP) is -1.18. The topological polar surface area (TPSA) is 165 Å². The number of aromatic nitrogens is 2. The van der Waals surface area contributed by atoms with Gasteiger partial charge in [-0.3, -0.25) is 23.9 Å². The molecule has 11 heteroatoms. The number of nitrogens with zero attached hydrogens (tertiary/aromatic N) is 2. The zero-order valence-electron chi connectivity index (χ0n) is 16.5. The van der Waals surface area contributed by atoms with Gasteiger partial charge in [-0.05, 0) is 34.6 Å². The molecular weight excluding hydrogens is 372 g/mol. The molecule has 1 rings (SSSR count). The lowest BCUT2D eigenvalue weighted by molar-refractivity contribution is -0.159. The van der Waals surface area contributed by atoms with Gasteiger partial charge >= 0.3 is 17.6 Å². The third-order valence-corrected chi connectivity index (χ3v) is 3.74. The molecule has 0 aliphatic heterocycles. The van der Waals surface area contributed by atoms with Gasteiger partial charge in [0.15, 0.2) is 0 Å². The molecule has 1 amide bonds. The Kier molecular flexibility index (Phi) is 7.28. The quantitative estimate of drug-likeness (QED) is 0.483. The minimum Gasteiger partial charge on any atom is -0.480 e. The van der Waals surface area contributed by atoms with Crippen molar-refractivity contribution in [2.75, 3.05) is 6.54 Å². The zero-order chi connectivity index (χ0) is 21.8. The first-order valence-corrected chi connectivity index (χ1v) is 8.54. The fraction of sp³-hybridized carbons (Fsp3) is 0.588. The molecule has 11 nitrogen and oxygen atoms in total. The van der Waals surface area contributed by atoms with Crippen LogP contribution in [0.2, 0.25) is 0 Å². The van der Waals surface area contributed by atoms with Crippen LogP contribution in [0.3, 0.4) is 0 Å². The number of amides is 1. The normalized spacial score (nSPS) is 13.5. The van der Waals surface area contributed by atoms with Gasteiger partial charge in [-0.2, -0.15) is 0 Å². The van der Waals surface area contributed by atoms with E-state index in [1.165, 1.54) is 20.0 Å². The van der Waals surface area contributed by atoms with E-state index in [0.29, 0.717) is 0 Å². The Balaban J connectivity index is 3.07. The maximum atomic E-state index is 12.7. The summed E-state index contributed by atoms with van der Waals surface area (Å²) in [7, 11) is 0. The number of hydrogen-bond acceptors (Lipinski definition) is 7. The lowest BCUT2D eigenvalue weighted by Crippen LogP contribution is -2.53. The molecule has 0 fully saturated rings. The van der Waals surface area contributed by atoms with Crippen LogP contribution in [0.15, 0.2) is 15.8 Å². The third-order valence-electron chi connectivity index (χ3n) is 3.74. The first-order chi connectivity index (χ1) is 12.7. The second-order valence-corrected chi connectivity index (χ2v) is 7.40. The predicted molar refractivity (Wildman–Crippen MR) is 98.7 cm³/mol. The van der Waals surface area contributed by atoms with Crippen molar-refractivity contribution in [3.05, 3.63) is 32.6 Å². The van der Waals surface area contributed by atoms with Crippen molar-refractivity contribution in [2.24, 2.45) is 5.73 Å². The second-order valence-electron chi connectivity index (χ2n) is 7.40. The highest BCUT2D eigenvalue weighted by molar-refractivity contribution is 5.84. The highest BCUT2D eigenvalue weighted by atomic mass is 16.6. The molecule has 0 saturated carbocycles. The summed E-state index contributed by atoms with van der Waals surface area (Å²) in [4.78, 5) is 62.3. The molecule has 1 unspecified atom stereocenters. The summed E-state index contributed by atoms with van der Waals surface area (Å²) in [6.45, 7) is 6.69. The van der Waals surface area contributed by atoms with Crippen molar-refractivity contribution in [1.82, 2.24) is 14.5 Å². The second kappa shape index (κ2) is 8.83. The average Bonchev–Trinajstić information content (AvgIpc) is 2.54. The van der Waals surface area contributed by atoms with Crippen LogP contribution in [-0.2, 0) is 25.7 Å². The summed E-state index contributed by atoms with van der Waals surface area (Å²) >= 11 is 0. The molecule has 0 radical (unpaired) electrons. The highest BCUT2D eigenvalue weighted by Gasteiger charge is 2.31. The molecule has 0 bridgehead atoms. The van der Waals surface area contributed by atoms with Crippen LogP contribution in [0.5, 0.6) is 0 Å². The Morgan fingerprint density at radius 2 is 1.89 bits per heavy atom. The Labute approximate surface area is 161 Å².